The molecular formula is C15H22N4OS. The van der Waals surface area contributed by atoms with Crippen LogP contribution in [-0.2, 0) is 6.42 Å². The molecule has 0 bridgehead atoms. The van der Waals surface area contributed by atoms with E-state index in [9.17, 15) is 4.79 Å². The second-order valence-corrected chi connectivity index (χ2v) is 6.51. The van der Waals surface area contributed by atoms with Crippen LogP contribution in [0.2, 0.25) is 0 Å². The average Bonchev–Trinajstić information content (AvgIpc) is 2.99. The van der Waals surface area contributed by atoms with E-state index in [0.717, 1.165) is 39.0 Å². The number of thiazole rings is 1. The molecule has 2 aromatic rings. The first-order valence-corrected chi connectivity index (χ1v) is 7.93. The minimum absolute atomic E-state index is 0.0247. The van der Waals surface area contributed by atoms with Gasteiger partial charge in [-0.25, -0.2) is 4.98 Å². The van der Waals surface area contributed by atoms with E-state index < -0.39 is 0 Å². The normalized spacial score (nSPS) is 12.5. The first-order valence-electron chi connectivity index (χ1n) is 7.11. The maximum absolute atomic E-state index is 12.8. The van der Waals surface area contributed by atoms with Gasteiger partial charge in [-0.1, -0.05) is 6.92 Å². The molecule has 114 valence electrons. The highest BCUT2D eigenvalue weighted by atomic mass is 32.1. The van der Waals surface area contributed by atoms with Crippen LogP contribution in [0.5, 0.6) is 0 Å². The molecule has 0 aliphatic carbocycles. The Balaban J connectivity index is 2.31. The van der Waals surface area contributed by atoms with Crippen LogP contribution >= 0.6 is 11.3 Å². The van der Waals surface area contributed by atoms with Crippen LogP contribution in [0.4, 0.5) is 0 Å². The molecule has 2 aromatic heterocycles. The van der Waals surface area contributed by atoms with Crippen molar-refractivity contribution in [3.05, 3.63) is 32.5 Å². The summed E-state index contributed by atoms with van der Waals surface area (Å²) < 4.78 is 0. The molecule has 1 N–H and O–H groups in total. The summed E-state index contributed by atoms with van der Waals surface area (Å²) in [7, 11) is 1.84. The van der Waals surface area contributed by atoms with Gasteiger partial charge in [-0.2, -0.15) is 5.10 Å². The topological polar surface area (TPSA) is 61.9 Å². The zero-order valence-electron chi connectivity index (χ0n) is 13.4. The molecule has 0 aliphatic heterocycles. The SMILES string of the molecule is CCc1nc(C)sc1C(=O)N(C)[C@H](C)c1c(C)n[nH]c1C. The van der Waals surface area contributed by atoms with E-state index in [1.54, 1.807) is 4.90 Å². The van der Waals surface area contributed by atoms with E-state index in [0.29, 0.717) is 0 Å². The van der Waals surface area contributed by atoms with E-state index in [1.807, 2.05) is 41.7 Å². The summed E-state index contributed by atoms with van der Waals surface area (Å²) in [5, 5.41) is 8.13. The summed E-state index contributed by atoms with van der Waals surface area (Å²) in [6, 6.07) is -0.0247. The van der Waals surface area contributed by atoms with Crippen LogP contribution in [0, 0.1) is 20.8 Å². The number of amides is 1. The van der Waals surface area contributed by atoms with E-state index in [2.05, 4.69) is 15.2 Å². The number of nitrogens with one attached hydrogen (secondary N) is 1. The summed E-state index contributed by atoms with van der Waals surface area (Å²) >= 11 is 1.47. The molecule has 0 fully saturated rings. The number of carbonyl (C=O) groups is 1. The first-order chi connectivity index (χ1) is 9.86. The molecule has 0 aromatic carbocycles. The Morgan fingerprint density at radius 3 is 2.57 bits per heavy atom. The van der Waals surface area contributed by atoms with Gasteiger partial charge in [-0.05, 0) is 34.1 Å². The van der Waals surface area contributed by atoms with E-state index >= 15 is 0 Å². The monoisotopic (exact) mass is 306 g/mol. The number of aromatic nitrogens is 3. The molecule has 0 radical (unpaired) electrons. The van der Waals surface area contributed by atoms with Gasteiger partial charge in [-0.15, -0.1) is 11.3 Å². The number of nitrogens with zero attached hydrogens (tertiary/aromatic N) is 3. The van der Waals surface area contributed by atoms with Gasteiger partial charge < -0.3 is 4.90 Å². The smallest absolute Gasteiger partial charge is 0.266 e. The standard InChI is InChI=1S/C15H22N4OS/c1-7-12-14(21-11(5)16-12)15(20)19(6)10(4)13-8(2)17-18-9(13)3/h10H,7H2,1-6H3,(H,17,18)/t10-/m1/s1. The molecular weight excluding hydrogens is 284 g/mol. The average molecular weight is 306 g/mol. The van der Waals surface area contributed by atoms with Crippen molar-refractivity contribution in [2.45, 2.75) is 47.1 Å². The summed E-state index contributed by atoms with van der Waals surface area (Å²) in [5.74, 6) is 0.0324. The van der Waals surface area contributed by atoms with Crippen LogP contribution < -0.4 is 0 Å². The Hall–Kier alpha value is -1.69. The van der Waals surface area contributed by atoms with Gasteiger partial charge in [0.2, 0.25) is 0 Å². The van der Waals surface area contributed by atoms with Crippen LogP contribution in [0.25, 0.3) is 0 Å². The predicted molar refractivity (Wildman–Crippen MR) is 84.8 cm³/mol. The molecule has 0 spiro atoms. The fraction of sp³-hybridized carbons (Fsp3) is 0.533. The largest absolute Gasteiger partial charge is 0.334 e. The molecule has 5 nitrogen and oxygen atoms in total. The zero-order valence-corrected chi connectivity index (χ0v) is 14.3. The van der Waals surface area contributed by atoms with Crippen molar-refractivity contribution < 1.29 is 4.79 Å². The second kappa shape index (κ2) is 5.97. The lowest BCUT2D eigenvalue weighted by atomic mass is 10.1. The number of aryl methyl sites for hydroxylation is 4. The van der Waals surface area contributed by atoms with Crippen LogP contribution in [-0.4, -0.2) is 33.0 Å². The number of aromatic amines is 1. The third kappa shape index (κ3) is 2.85. The number of hydrogen-bond acceptors (Lipinski definition) is 4. The fourth-order valence-electron chi connectivity index (χ4n) is 2.58. The Kier molecular flexibility index (Phi) is 4.46. The van der Waals surface area contributed by atoms with Crippen LogP contribution in [0.15, 0.2) is 0 Å². The van der Waals surface area contributed by atoms with Gasteiger partial charge in [0.05, 0.1) is 22.4 Å². The molecule has 0 saturated heterocycles. The van der Waals surface area contributed by atoms with Gasteiger partial charge in [0, 0.05) is 18.3 Å². The quantitative estimate of drug-likeness (QED) is 0.943. The van der Waals surface area contributed by atoms with Gasteiger partial charge in [-0.3, -0.25) is 9.89 Å². The maximum atomic E-state index is 12.8. The van der Waals surface area contributed by atoms with Crippen LogP contribution in [0.3, 0.4) is 0 Å². The first kappa shape index (κ1) is 15.7. The van der Waals surface area contributed by atoms with Gasteiger partial charge in [0.15, 0.2) is 0 Å². The second-order valence-electron chi connectivity index (χ2n) is 5.30. The van der Waals surface area contributed by atoms with E-state index in [-0.39, 0.29) is 11.9 Å². The van der Waals surface area contributed by atoms with Gasteiger partial charge in [0.25, 0.3) is 5.91 Å². The van der Waals surface area contributed by atoms with Crippen molar-refractivity contribution in [1.29, 1.82) is 0 Å². The van der Waals surface area contributed by atoms with Crippen molar-refractivity contribution in [1.82, 2.24) is 20.1 Å². The van der Waals surface area contributed by atoms with Crippen molar-refractivity contribution in [2.24, 2.45) is 0 Å². The van der Waals surface area contributed by atoms with Crippen molar-refractivity contribution >= 4 is 17.2 Å². The highest BCUT2D eigenvalue weighted by Gasteiger charge is 2.26. The maximum Gasteiger partial charge on any atom is 0.266 e. The minimum atomic E-state index is -0.0247. The molecule has 0 unspecified atom stereocenters. The fourth-order valence-corrected chi connectivity index (χ4v) is 3.57. The van der Waals surface area contributed by atoms with Crippen LogP contribution in [0.1, 0.15) is 57.2 Å². The third-order valence-electron chi connectivity index (χ3n) is 3.84. The number of rotatable bonds is 4. The Morgan fingerprint density at radius 2 is 2.05 bits per heavy atom. The Morgan fingerprint density at radius 1 is 1.38 bits per heavy atom. The molecule has 21 heavy (non-hydrogen) atoms. The molecule has 6 heteroatoms. The Labute approximate surface area is 129 Å². The third-order valence-corrected chi connectivity index (χ3v) is 4.84. The molecule has 2 rings (SSSR count). The molecule has 0 saturated carbocycles. The lowest BCUT2D eigenvalue weighted by Crippen LogP contribution is -2.30. The van der Waals surface area contributed by atoms with Crippen molar-refractivity contribution in [3.8, 4) is 0 Å². The Bertz CT molecular complexity index is 639. The molecule has 0 aliphatic rings. The summed E-state index contributed by atoms with van der Waals surface area (Å²) in [6.45, 7) is 9.94. The lowest BCUT2D eigenvalue weighted by molar-refractivity contribution is 0.0745. The predicted octanol–water partition coefficient (Wildman–Crippen LogP) is 3.19. The van der Waals surface area contributed by atoms with Gasteiger partial charge >= 0.3 is 0 Å². The van der Waals surface area contributed by atoms with Crippen molar-refractivity contribution in [2.75, 3.05) is 7.05 Å². The minimum Gasteiger partial charge on any atom is -0.334 e. The number of hydrogen-bond donors (Lipinski definition) is 1. The summed E-state index contributed by atoms with van der Waals surface area (Å²) in [5.41, 5.74) is 3.93. The highest BCUT2D eigenvalue weighted by Crippen LogP contribution is 2.28. The lowest BCUT2D eigenvalue weighted by Gasteiger charge is -2.25. The number of H-pyrrole nitrogens is 1. The van der Waals surface area contributed by atoms with E-state index in [1.165, 1.54) is 11.3 Å². The number of carbonyl (C=O) groups excluding carboxylic acids is 1. The summed E-state index contributed by atoms with van der Waals surface area (Å²) in [6.07, 6.45) is 0.775. The summed E-state index contributed by atoms with van der Waals surface area (Å²) in [4.78, 5) is 19.7. The molecule has 2 heterocycles. The van der Waals surface area contributed by atoms with E-state index in [4.69, 9.17) is 0 Å². The zero-order chi connectivity index (χ0) is 15.7. The molecule has 1 amide bonds. The molecule has 1 atom stereocenters. The van der Waals surface area contributed by atoms with Crippen molar-refractivity contribution in [3.63, 3.8) is 0 Å². The highest BCUT2D eigenvalue weighted by molar-refractivity contribution is 7.13. The van der Waals surface area contributed by atoms with Gasteiger partial charge in [0.1, 0.15) is 4.88 Å².